The van der Waals surface area contributed by atoms with Crippen LogP contribution in [-0.2, 0) is 32.5 Å². The number of hydrogen-bond donors (Lipinski definition) is 1. The van der Waals surface area contributed by atoms with E-state index in [1.165, 1.54) is 16.1 Å². The molecule has 11 heteroatoms. The van der Waals surface area contributed by atoms with Gasteiger partial charge in [0.05, 0.1) is 30.0 Å². The van der Waals surface area contributed by atoms with E-state index in [2.05, 4.69) is 21.4 Å². The number of sulfonamides is 1. The van der Waals surface area contributed by atoms with Crippen molar-refractivity contribution in [2.24, 2.45) is 5.41 Å². The van der Waals surface area contributed by atoms with Crippen LogP contribution in [0.3, 0.4) is 0 Å². The summed E-state index contributed by atoms with van der Waals surface area (Å²) < 4.78 is 32.0. The van der Waals surface area contributed by atoms with Crippen molar-refractivity contribution in [3.63, 3.8) is 0 Å². The van der Waals surface area contributed by atoms with Crippen LogP contribution in [0.1, 0.15) is 86.6 Å². The maximum absolute atomic E-state index is 13.5. The molecule has 2 aromatic rings. The molecule has 1 N–H and O–H groups in total. The molecule has 234 valence electrons. The first-order valence-corrected chi connectivity index (χ1v) is 17.6. The maximum atomic E-state index is 13.5. The fourth-order valence-corrected chi connectivity index (χ4v) is 8.01. The summed E-state index contributed by atoms with van der Waals surface area (Å²) in [7, 11) is -3.33. The van der Waals surface area contributed by atoms with Gasteiger partial charge in [-0.1, -0.05) is 31.0 Å². The lowest BCUT2D eigenvalue weighted by atomic mass is 9.73. The molecule has 2 fully saturated rings. The fraction of sp³-hybridized carbons (Fsp3) is 0.625. The molecule has 1 spiro atoms. The second kappa shape index (κ2) is 13.7. The highest BCUT2D eigenvalue weighted by Crippen LogP contribution is 2.38. The summed E-state index contributed by atoms with van der Waals surface area (Å²) in [6.07, 6.45) is 9.75. The minimum Gasteiger partial charge on any atom is -0.491 e. The Morgan fingerprint density at radius 2 is 1.86 bits per heavy atom. The standard InChI is InChI=1S/C32H45N5O5S/c1-24-34-26(23-27(35-24)28-11-8-19-37(28)43(2,40)41)13-14-30(38)36-20-16-32(17-21-36)15-7-3-4-9-25-10-5-6-12-29(25)42-22-18-33-31(32)39/h5-6,10,12,23,28H,3-4,7-9,11,13-22H2,1-2H3,(H,33,39). The highest BCUT2D eigenvalue weighted by Gasteiger charge is 2.41. The number of piperidine rings is 1. The molecule has 3 aliphatic rings. The van der Waals surface area contributed by atoms with Gasteiger partial charge in [-0.05, 0) is 76.0 Å². The Labute approximate surface area is 255 Å². The largest absolute Gasteiger partial charge is 0.491 e. The van der Waals surface area contributed by atoms with Crippen LogP contribution in [0, 0.1) is 12.3 Å². The number of benzene rings is 1. The van der Waals surface area contributed by atoms with E-state index >= 15 is 0 Å². The molecule has 10 nitrogen and oxygen atoms in total. The van der Waals surface area contributed by atoms with Gasteiger partial charge < -0.3 is 15.0 Å². The van der Waals surface area contributed by atoms with Crippen molar-refractivity contribution >= 4 is 21.8 Å². The van der Waals surface area contributed by atoms with E-state index < -0.39 is 15.4 Å². The number of carbonyl (C=O) groups excluding carboxylic acids is 2. The van der Waals surface area contributed by atoms with Gasteiger partial charge in [-0.2, -0.15) is 4.31 Å². The molecular formula is C32H45N5O5S. The zero-order valence-electron chi connectivity index (χ0n) is 25.5. The van der Waals surface area contributed by atoms with Crippen LogP contribution < -0.4 is 10.1 Å². The predicted molar refractivity (Wildman–Crippen MR) is 164 cm³/mol. The van der Waals surface area contributed by atoms with E-state index in [0.717, 1.165) is 56.4 Å². The first-order chi connectivity index (χ1) is 20.6. The number of hydrogen-bond acceptors (Lipinski definition) is 7. The number of ether oxygens (including phenoxy) is 1. The number of nitrogens with one attached hydrogen (secondary N) is 1. The average Bonchev–Trinajstić information content (AvgIpc) is 3.50. The minimum atomic E-state index is -3.33. The smallest absolute Gasteiger partial charge is 0.226 e. The minimum absolute atomic E-state index is 0.0579. The van der Waals surface area contributed by atoms with E-state index in [9.17, 15) is 18.0 Å². The van der Waals surface area contributed by atoms with Crippen LogP contribution in [-0.4, -0.2) is 78.4 Å². The number of nitrogens with zero attached hydrogens (tertiary/aromatic N) is 4. The van der Waals surface area contributed by atoms with E-state index in [4.69, 9.17) is 4.74 Å². The van der Waals surface area contributed by atoms with E-state index in [1.807, 2.05) is 29.2 Å². The van der Waals surface area contributed by atoms with Crippen molar-refractivity contribution in [1.29, 1.82) is 0 Å². The summed E-state index contributed by atoms with van der Waals surface area (Å²) >= 11 is 0. The van der Waals surface area contributed by atoms with Crippen molar-refractivity contribution in [3.05, 3.63) is 53.1 Å². The number of amides is 2. The summed E-state index contributed by atoms with van der Waals surface area (Å²) in [6.45, 7) is 4.32. The Hall–Kier alpha value is -3.05. The Balaban J connectivity index is 1.16. The van der Waals surface area contributed by atoms with Crippen LogP contribution in [0.4, 0.5) is 0 Å². The highest BCUT2D eigenvalue weighted by molar-refractivity contribution is 7.88. The molecular weight excluding hydrogens is 566 g/mol. The zero-order valence-corrected chi connectivity index (χ0v) is 26.3. The number of aromatic nitrogens is 2. The normalized spacial score (nSPS) is 22.0. The summed E-state index contributed by atoms with van der Waals surface area (Å²) in [5.41, 5.74) is 2.22. The maximum Gasteiger partial charge on any atom is 0.226 e. The molecule has 0 bridgehead atoms. The number of para-hydroxylation sites is 1. The lowest BCUT2D eigenvalue weighted by Gasteiger charge is -2.41. The third-order valence-corrected chi connectivity index (χ3v) is 10.5. The second-order valence-corrected chi connectivity index (χ2v) is 14.2. The van der Waals surface area contributed by atoms with Gasteiger partial charge in [0.1, 0.15) is 18.2 Å². The molecule has 43 heavy (non-hydrogen) atoms. The lowest BCUT2D eigenvalue weighted by Crippen LogP contribution is -2.50. The molecule has 2 amide bonds. The van der Waals surface area contributed by atoms with Crippen molar-refractivity contribution in [2.75, 3.05) is 39.0 Å². The van der Waals surface area contributed by atoms with Gasteiger partial charge >= 0.3 is 0 Å². The predicted octanol–water partition coefficient (Wildman–Crippen LogP) is 3.73. The van der Waals surface area contributed by atoms with Crippen molar-refractivity contribution in [2.45, 2.75) is 83.6 Å². The van der Waals surface area contributed by atoms with Gasteiger partial charge in [0.2, 0.25) is 21.8 Å². The van der Waals surface area contributed by atoms with Crippen molar-refractivity contribution in [3.8, 4) is 5.75 Å². The summed E-state index contributed by atoms with van der Waals surface area (Å²) in [5.74, 6) is 1.62. The van der Waals surface area contributed by atoms with Gasteiger partial charge in [0.15, 0.2) is 0 Å². The van der Waals surface area contributed by atoms with Crippen LogP contribution >= 0.6 is 0 Å². The van der Waals surface area contributed by atoms with Gasteiger partial charge in [-0.3, -0.25) is 9.59 Å². The number of carbonyl (C=O) groups is 2. The van der Waals surface area contributed by atoms with Gasteiger partial charge in [-0.15, -0.1) is 0 Å². The highest BCUT2D eigenvalue weighted by atomic mass is 32.2. The summed E-state index contributed by atoms with van der Waals surface area (Å²) in [5, 5.41) is 3.13. The first kappa shape index (κ1) is 31.4. The zero-order chi connectivity index (χ0) is 30.5. The molecule has 0 radical (unpaired) electrons. The molecule has 2 saturated heterocycles. The SMILES string of the molecule is Cc1nc(CCC(=O)N2CCC3(CCCCCc4ccccc4OCCNC3=O)CC2)cc(C2CCCN2S(C)(=O)=O)n1. The molecule has 4 heterocycles. The molecule has 1 aromatic carbocycles. The van der Waals surface area contributed by atoms with Crippen LogP contribution in [0.15, 0.2) is 30.3 Å². The summed E-state index contributed by atoms with van der Waals surface area (Å²) in [4.78, 5) is 37.7. The fourth-order valence-electron chi connectivity index (χ4n) is 6.87. The van der Waals surface area contributed by atoms with Gasteiger partial charge in [-0.25, -0.2) is 18.4 Å². The Kier molecular flexibility index (Phi) is 10.0. The van der Waals surface area contributed by atoms with Gasteiger partial charge in [0.25, 0.3) is 0 Å². The second-order valence-electron chi connectivity index (χ2n) is 12.3. The third kappa shape index (κ3) is 7.73. The van der Waals surface area contributed by atoms with Crippen molar-refractivity contribution < 1.29 is 22.7 Å². The van der Waals surface area contributed by atoms with Crippen LogP contribution in [0.25, 0.3) is 0 Å². The topological polar surface area (TPSA) is 122 Å². The Morgan fingerprint density at radius 3 is 2.65 bits per heavy atom. The quantitative estimate of drug-likeness (QED) is 0.547. The van der Waals surface area contributed by atoms with Crippen molar-refractivity contribution in [1.82, 2.24) is 24.5 Å². The number of fused-ring (bicyclic) bond motifs is 1. The molecule has 5 rings (SSSR count). The average molecular weight is 612 g/mol. The molecule has 0 aliphatic carbocycles. The molecule has 1 atom stereocenters. The van der Waals surface area contributed by atoms with Crippen LogP contribution in [0.5, 0.6) is 5.75 Å². The molecule has 3 aliphatic heterocycles. The number of aryl methyl sites for hydroxylation is 3. The Bertz CT molecular complexity index is 1410. The Morgan fingerprint density at radius 1 is 1.07 bits per heavy atom. The van der Waals surface area contributed by atoms with E-state index in [-0.39, 0.29) is 17.9 Å². The molecule has 0 saturated carbocycles. The third-order valence-electron chi connectivity index (χ3n) is 9.25. The van der Waals surface area contributed by atoms with E-state index in [0.29, 0.717) is 70.0 Å². The number of likely N-dealkylation sites (tertiary alicyclic amines) is 1. The van der Waals surface area contributed by atoms with Crippen LogP contribution in [0.2, 0.25) is 0 Å². The molecule has 1 aromatic heterocycles. The molecule has 1 unspecified atom stereocenters. The van der Waals surface area contributed by atoms with Gasteiger partial charge in [0, 0.05) is 31.7 Å². The first-order valence-electron chi connectivity index (χ1n) is 15.7. The summed E-state index contributed by atoms with van der Waals surface area (Å²) in [6, 6.07) is 9.72. The monoisotopic (exact) mass is 611 g/mol. The number of rotatable bonds is 5. The van der Waals surface area contributed by atoms with E-state index in [1.54, 1.807) is 6.92 Å². The lowest BCUT2D eigenvalue weighted by molar-refractivity contribution is -0.141.